The van der Waals surface area contributed by atoms with Crippen LogP contribution >= 0.6 is 0 Å². The second-order valence-electron chi connectivity index (χ2n) is 3.00. The Morgan fingerprint density at radius 1 is 1.18 bits per heavy atom. The van der Waals surface area contributed by atoms with Crippen LogP contribution < -0.4 is 0 Å². The molecule has 3 nitrogen and oxygen atoms in total. The molecule has 1 rings (SSSR count). The fraction of sp³-hybridized carbons (Fsp3) is 1.00. The fourth-order valence-electron chi connectivity index (χ4n) is 1.41. The summed E-state index contributed by atoms with van der Waals surface area (Å²) in [5.41, 5.74) is 0. The molecule has 0 aliphatic heterocycles. The first-order valence-electron chi connectivity index (χ1n) is 4.41. The molecule has 0 saturated heterocycles. The predicted octanol–water partition coefficient (Wildman–Crippen LogP) is 1.76. The van der Waals surface area contributed by atoms with Gasteiger partial charge in [0.2, 0.25) is 0 Å². The van der Waals surface area contributed by atoms with Crippen LogP contribution in [0.2, 0.25) is 0 Å². The van der Waals surface area contributed by atoms with Crippen LogP contribution in [0.3, 0.4) is 0 Å². The number of nitrogens with zero attached hydrogens (tertiary/aromatic N) is 2. The molecule has 0 aromatic rings. The Balaban J connectivity index is 2.13. The van der Waals surface area contributed by atoms with Gasteiger partial charge in [-0.25, -0.2) is 0 Å². The smallest absolute Gasteiger partial charge is 0.0830 e. The van der Waals surface area contributed by atoms with Crippen LogP contribution in [-0.2, 0) is 0 Å². The van der Waals surface area contributed by atoms with Crippen LogP contribution in [0.4, 0.5) is 0 Å². The van der Waals surface area contributed by atoms with E-state index in [9.17, 15) is 0 Å². The van der Waals surface area contributed by atoms with Gasteiger partial charge in [0.1, 0.15) is 0 Å². The Kier molecular flexibility index (Phi) is 4.12. The zero-order valence-electron chi connectivity index (χ0n) is 6.87. The van der Waals surface area contributed by atoms with E-state index >= 15 is 0 Å². The predicted molar refractivity (Wildman–Crippen MR) is 43.7 cm³/mol. The molecule has 3 heteroatoms. The molecule has 64 valence electrons. The Hall–Kier alpha value is -0.440. The van der Waals surface area contributed by atoms with Gasteiger partial charge in [0, 0.05) is 0 Å². The highest BCUT2D eigenvalue weighted by molar-refractivity contribution is 4.69. The van der Waals surface area contributed by atoms with E-state index in [4.69, 9.17) is 5.11 Å². The molecule has 1 saturated carbocycles. The molecule has 1 N–H and O–H groups in total. The Morgan fingerprint density at radius 2 is 1.91 bits per heavy atom. The summed E-state index contributed by atoms with van der Waals surface area (Å²) < 4.78 is 0. The zero-order valence-corrected chi connectivity index (χ0v) is 6.87. The van der Waals surface area contributed by atoms with Crippen LogP contribution in [0.1, 0.15) is 32.1 Å². The number of aliphatic hydroxyl groups excluding tert-OH is 1. The molecular formula is C8H16N2O. The Labute approximate surface area is 67.5 Å². The molecule has 0 bridgehead atoms. The average Bonchev–Trinajstić information content (AvgIpc) is 2.07. The fourth-order valence-corrected chi connectivity index (χ4v) is 1.41. The quantitative estimate of drug-likeness (QED) is 0.622. The first-order chi connectivity index (χ1) is 5.43. The van der Waals surface area contributed by atoms with Gasteiger partial charge in [-0.15, -0.1) is 0 Å². The van der Waals surface area contributed by atoms with Crippen molar-refractivity contribution in [3.8, 4) is 0 Å². The molecule has 0 aromatic carbocycles. The van der Waals surface area contributed by atoms with Crippen molar-refractivity contribution in [2.24, 2.45) is 10.2 Å². The van der Waals surface area contributed by atoms with Crippen molar-refractivity contribution in [1.82, 2.24) is 0 Å². The van der Waals surface area contributed by atoms with Gasteiger partial charge in [-0.3, -0.25) is 0 Å². The lowest BCUT2D eigenvalue weighted by molar-refractivity contribution is 0.302. The van der Waals surface area contributed by atoms with E-state index in [1.807, 2.05) is 0 Å². The maximum Gasteiger partial charge on any atom is 0.0830 e. The minimum absolute atomic E-state index is 0.121. The zero-order chi connectivity index (χ0) is 7.94. The maximum absolute atomic E-state index is 8.44. The topological polar surface area (TPSA) is 45.0 Å². The van der Waals surface area contributed by atoms with E-state index < -0.39 is 0 Å². The second-order valence-corrected chi connectivity index (χ2v) is 3.00. The first-order valence-corrected chi connectivity index (χ1v) is 4.41. The highest BCUT2D eigenvalue weighted by atomic mass is 16.3. The van der Waals surface area contributed by atoms with Gasteiger partial charge in [0.05, 0.1) is 19.2 Å². The minimum Gasteiger partial charge on any atom is -0.394 e. The van der Waals surface area contributed by atoms with E-state index in [0.29, 0.717) is 12.6 Å². The molecule has 0 aromatic heterocycles. The summed E-state index contributed by atoms with van der Waals surface area (Å²) in [6.07, 6.45) is 6.32. The van der Waals surface area contributed by atoms with Crippen molar-refractivity contribution in [3.05, 3.63) is 0 Å². The standard InChI is InChI=1S/C8H16N2O/c11-7-6-9-10-8-4-2-1-3-5-8/h8,11H,1-7H2. The summed E-state index contributed by atoms with van der Waals surface area (Å²) in [5, 5.41) is 16.5. The summed E-state index contributed by atoms with van der Waals surface area (Å²) in [7, 11) is 0. The minimum atomic E-state index is 0.121. The third kappa shape index (κ3) is 3.46. The van der Waals surface area contributed by atoms with Crippen molar-refractivity contribution >= 4 is 0 Å². The van der Waals surface area contributed by atoms with Gasteiger partial charge in [-0.1, -0.05) is 19.3 Å². The lowest BCUT2D eigenvalue weighted by Gasteiger charge is -2.15. The summed E-state index contributed by atoms with van der Waals surface area (Å²) in [4.78, 5) is 0. The van der Waals surface area contributed by atoms with E-state index in [-0.39, 0.29) is 6.61 Å². The second kappa shape index (κ2) is 5.24. The maximum atomic E-state index is 8.44. The van der Waals surface area contributed by atoms with Gasteiger partial charge in [0.15, 0.2) is 0 Å². The van der Waals surface area contributed by atoms with E-state index in [1.165, 1.54) is 32.1 Å². The van der Waals surface area contributed by atoms with Gasteiger partial charge in [0.25, 0.3) is 0 Å². The van der Waals surface area contributed by atoms with Crippen molar-refractivity contribution in [3.63, 3.8) is 0 Å². The molecule has 0 unspecified atom stereocenters. The van der Waals surface area contributed by atoms with Gasteiger partial charge < -0.3 is 5.11 Å². The molecular weight excluding hydrogens is 140 g/mol. The van der Waals surface area contributed by atoms with Crippen molar-refractivity contribution in [2.45, 2.75) is 38.1 Å². The summed E-state index contributed by atoms with van der Waals surface area (Å²) in [6.45, 7) is 0.590. The Bertz CT molecular complexity index is 119. The summed E-state index contributed by atoms with van der Waals surface area (Å²) in [5.74, 6) is 0. The molecule has 1 fully saturated rings. The average molecular weight is 156 g/mol. The summed E-state index contributed by atoms with van der Waals surface area (Å²) >= 11 is 0. The van der Waals surface area contributed by atoms with Crippen LogP contribution in [0.5, 0.6) is 0 Å². The molecule has 0 heterocycles. The van der Waals surface area contributed by atoms with Crippen molar-refractivity contribution in [2.75, 3.05) is 13.2 Å². The summed E-state index contributed by atoms with van der Waals surface area (Å²) in [6, 6.07) is 0.454. The molecule has 1 aliphatic carbocycles. The lowest BCUT2D eigenvalue weighted by Crippen LogP contribution is -2.08. The lowest BCUT2D eigenvalue weighted by atomic mass is 9.96. The largest absolute Gasteiger partial charge is 0.394 e. The monoisotopic (exact) mass is 156 g/mol. The molecule has 0 amide bonds. The third-order valence-electron chi connectivity index (χ3n) is 2.02. The Morgan fingerprint density at radius 3 is 2.55 bits per heavy atom. The number of hydrogen-bond donors (Lipinski definition) is 1. The van der Waals surface area contributed by atoms with E-state index in [0.717, 1.165) is 0 Å². The number of aliphatic hydroxyl groups is 1. The van der Waals surface area contributed by atoms with Crippen LogP contribution in [-0.4, -0.2) is 24.3 Å². The highest BCUT2D eigenvalue weighted by Crippen LogP contribution is 2.20. The van der Waals surface area contributed by atoms with Gasteiger partial charge >= 0.3 is 0 Å². The molecule has 1 aliphatic rings. The number of azo groups is 1. The highest BCUT2D eigenvalue weighted by Gasteiger charge is 2.11. The van der Waals surface area contributed by atoms with E-state index in [2.05, 4.69) is 10.2 Å². The normalized spacial score (nSPS) is 21.2. The van der Waals surface area contributed by atoms with Gasteiger partial charge in [-0.2, -0.15) is 10.2 Å². The van der Waals surface area contributed by atoms with Crippen LogP contribution in [0, 0.1) is 0 Å². The molecule has 0 spiro atoms. The van der Waals surface area contributed by atoms with Crippen LogP contribution in [0.25, 0.3) is 0 Å². The van der Waals surface area contributed by atoms with E-state index in [1.54, 1.807) is 0 Å². The van der Waals surface area contributed by atoms with Crippen LogP contribution in [0.15, 0.2) is 10.2 Å². The number of hydrogen-bond acceptors (Lipinski definition) is 3. The van der Waals surface area contributed by atoms with Crippen molar-refractivity contribution < 1.29 is 5.11 Å². The SMILES string of the molecule is OCCN=NC1CCCCC1. The van der Waals surface area contributed by atoms with Crippen molar-refractivity contribution in [1.29, 1.82) is 0 Å². The molecule has 0 radical (unpaired) electrons. The molecule has 0 atom stereocenters. The first kappa shape index (κ1) is 8.65. The number of rotatable bonds is 3. The van der Waals surface area contributed by atoms with Gasteiger partial charge in [-0.05, 0) is 12.8 Å². The third-order valence-corrected chi connectivity index (χ3v) is 2.02. The molecule has 11 heavy (non-hydrogen) atoms.